The number of anilines is 1. The number of aryl methyl sites for hydroxylation is 1. The quantitative estimate of drug-likeness (QED) is 0.502. The molecule has 0 fully saturated rings. The van der Waals surface area contributed by atoms with Crippen molar-refractivity contribution in [1.29, 1.82) is 0 Å². The molecular weight excluding hydrogens is 374 g/mol. The van der Waals surface area contributed by atoms with Gasteiger partial charge in [-0.05, 0) is 6.07 Å². The summed E-state index contributed by atoms with van der Waals surface area (Å²) in [7, 11) is 1.83. The number of carbonyl (C=O) groups is 1. The van der Waals surface area contributed by atoms with Gasteiger partial charge in [0.25, 0.3) is 0 Å². The molecule has 2 aromatic carbocycles. The minimum Gasteiger partial charge on any atom is -0.309 e. The van der Waals surface area contributed by atoms with Gasteiger partial charge in [-0.1, -0.05) is 60.7 Å². The Kier molecular flexibility index (Phi) is 5.48. The fraction of sp³-hybridized carbons (Fsp3) is 0.0833. The molecule has 0 aliphatic heterocycles. The van der Waals surface area contributed by atoms with Gasteiger partial charge < -0.3 is 5.32 Å². The topological polar surface area (TPSA) is 72.2 Å². The van der Waals surface area contributed by atoms with Crippen molar-refractivity contribution < 1.29 is 4.79 Å². The number of aromatic nitrogens is 3. The van der Waals surface area contributed by atoms with Crippen LogP contribution in [0.2, 0.25) is 0 Å². The first kappa shape index (κ1) is 19.3. The molecule has 6 heteroatoms. The Hall–Kier alpha value is -4.06. The average Bonchev–Trinajstić information content (AvgIpc) is 3.13. The largest absolute Gasteiger partial charge is 0.309 e. The normalized spacial score (nSPS) is 10.5. The zero-order valence-corrected chi connectivity index (χ0v) is 16.8. The van der Waals surface area contributed by atoms with Crippen molar-refractivity contribution in [2.45, 2.75) is 6.92 Å². The number of amides is 1. The Labute approximate surface area is 174 Å². The summed E-state index contributed by atoms with van der Waals surface area (Å²) in [5.41, 5.74) is 5.37. The summed E-state index contributed by atoms with van der Waals surface area (Å²) >= 11 is 0. The second-order valence-electron chi connectivity index (χ2n) is 6.84. The molecule has 30 heavy (non-hydrogen) atoms. The lowest BCUT2D eigenvalue weighted by atomic mass is 10.0. The molecule has 4 aromatic rings. The van der Waals surface area contributed by atoms with Crippen LogP contribution in [0.3, 0.4) is 0 Å². The van der Waals surface area contributed by atoms with Crippen LogP contribution in [0, 0.1) is 0 Å². The molecule has 148 valence electrons. The number of pyridine rings is 1. The Morgan fingerprint density at radius 3 is 2.17 bits per heavy atom. The van der Waals surface area contributed by atoms with E-state index in [-0.39, 0.29) is 5.91 Å². The zero-order chi connectivity index (χ0) is 20.9. The first-order chi connectivity index (χ1) is 14.6. The predicted octanol–water partition coefficient (Wildman–Crippen LogP) is 4.61. The van der Waals surface area contributed by atoms with Crippen molar-refractivity contribution in [2.24, 2.45) is 12.0 Å². The summed E-state index contributed by atoms with van der Waals surface area (Å²) in [4.78, 5) is 20.6. The average molecular weight is 395 g/mol. The summed E-state index contributed by atoms with van der Waals surface area (Å²) in [6, 6.07) is 24.0. The molecule has 6 nitrogen and oxygen atoms in total. The smallest absolute Gasteiger partial charge is 0.222 e. The Balaban J connectivity index is 1.76. The molecule has 4 rings (SSSR count). The monoisotopic (exact) mass is 395 g/mol. The summed E-state index contributed by atoms with van der Waals surface area (Å²) in [5, 5.41) is 7.04. The minimum atomic E-state index is -0.161. The fourth-order valence-electron chi connectivity index (χ4n) is 3.22. The van der Waals surface area contributed by atoms with E-state index in [4.69, 9.17) is 4.99 Å². The molecule has 0 radical (unpaired) electrons. The third-order valence-corrected chi connectivity index (χ3v) is 4.54. The molecule has 0 aliphatic carbocycles. The molecule has 1 N–H and O–H groups in total. The molecule has 0 saturated heterocycles. The lowest BCUT2D eigenvalue weighted by molar-refractivity contribution is -0.114. The number of aliphatic imine (C=N–C) groups is 1. The Bertz CT molecular complexity index is 1160. The fourth-order valence-corrected chi connectivity index (χ4v) is 3.22. The van der Waals surface area contributed by atoms with Gasteiger partial charge in [-0.2, -0.15) is 5.10 Å². The highest BCUT2D eigenvalue weighted by Crippen LogP contribution is 2.26. The van der Waals surface area contributed by atoms with E-state index >= 15 is 0 Å². The van der Waals surface area contributed by atoms with Crippen LogP contribution in [0.5, 0.6) is 0 Å². The van der Waals surface area contributed by atoms with Crippen molar-refractivity contribution >= 4 is 23.1 Å². The van der Waals surface area contributed by atoms with Crippen LogP contribution in [0.1, 0.15) is 18.1 Å². The molecule has 1 amide bonds. The Morgan fingerprint density at radius 1 is 0.933 bits per heavy atom. The highest BCUT2D eigenvalue weighted by atomic mass is 16.1. The predicted molar refractivity (Wildman–Crippen MR) is 119 cm³/mol. The van der Waals surface area contributed by atoms with Gasteiger partial charge in [-0.3, -0.25) is 14.5 Å². The van der Waals surface area contributed by atoms with Crippen LogP contribution < -0.4 is 5.32 Å². The number of rotatable bonds is 5. The maximum atomic E-state index is 11.3. The van der Waals surface area contributed by atoms with E-state index in [1.54, 1.807) is 17.1 Å². The maximum absolute atomic E-state index is 11.3. The molecule has 2 heterocycles. The van der Waals surface area contributed by atoms with Crippen molar-refractivity contribution in [3.8, 4) is 11.3 Å². The number of nitrogens with zero attached hydrogens (tertiary/aromatic N) is 4. The van der Waals surface area contributed by atoms with Crippen LogP contribution >= 0.6 is 0 Å². The summed E-state index contributed by atoms with van der Waals surface area (Å²) in [5.74, 6) is 0.342. The molecule has 0 saturated carbocycles. The molecule has 0 unspecified atom stereocenters. The SMILES string of the molecule is CC(=O)Nc1cc(-c2cncc(N=C(c3ccccc3)c3ccccc3)c2)n(C)n1. The van der Waals surface area contributed by atoms with Crippen LogP contribution in [-0.2, 0) is 11.8 Å². The van der Waals surface area contributed by atoms with Crippen molar-refractivity contribution in [3.05, 3.63) is 96.3 Å². The number of hydrogen-bond acceptors (Lipinski definition) is 4. The molecule has 0 atom stereocenters. The highest BCUT2D eigenvalue weighted by molar-refractivity contribution is 6.13. The number of nitrogens with one attached hydrogen (secondary N) is 1. The van der Waals surface area contributed by atoms with Gasteiger partial charge in [-0.15, -0.1) is 0 Å². The highest BCUT2D eigenvalue weighted by Gasteiger charge is 2.11. The second-order valence-corrected chi connectivity index (χ2v) is 6.84. The third kappa shape index (κ3) is 4.33. The van der Waals surface area contributed by atoms with Crippen LogP contribution in [0.25, 0.3) is 11.3 Å². The first-order valence-electron chi connectivity index (χ1n) is 9.57. The van der Waals surface area contributed by atoms with E-state index in [1.165, 1.54) is 6.92 Å². The van der Waals surface area contributed by atoms with Gasteiger partial charge in [0.05, 0.1) is 23.3 Å². The lowest BCUT2D eigenvalue weighted by Crippen LogP contribution is -2.06. The third-order valence-electron chi connectivity index (χ3n) is 4.54. The lowest BCUT2D eigenvalue weighted by Gasteiger charge is -2.08. The summed E-state index contributed by atoms with van der Waals surface area (Å²) in [6.45, 7) is 1.46. The number of hydrogen-bond donors (Lipinski definition) is 1. The second kappa shape index (κ2) is 8.53. The van der Waals surface area contributed by atoms with Gasteiger partial charge >= 0.3 is 0 Å². The van der Waals surface area contributed by atoms with Gasteiger partial charge in [0.15, 0.2) is 5.82 Å². The number of carbonyl (C=O) groups excluding carboxylic acids is 1. The standard InChI is InChI=1S/C24H21N5O/c1-17(30)26-23-14-22(29(2)28-23)20-13-21(16-25-15-20)27-24(18-9-5-3-6-10-18)19-11-7-4-8-12-19/h3-16H,1-2H3,(H,26,28,30). The van der Waals surface area contributed by atoms with Gasteiger partial charge in [0.1, 0.15) is 0 Å². The van der Waals surface area contributed by atoms with E-state index in [1.807, 2.05) is 79.8 Å². The van der Waals surface area contributed by atoms with E-state index in [9.17, 15) is 4.79 Å². The van der Waals surface area contributed by atoms with E-state index in [2.05, 4.69) is 15.4 Å². The Morgan fingerprint density at radius 2 is 1.57 bits per heavy atom. The zero-order valence-electron chi connectivity index (χ0n) is 16.8. The summed E-state index contributed by atoms with van der Waals surface area (Å²) < 4.78 is 1.71. The summed E-state index contributed by atoms with van der Waals surface area (Å²) in [6.07, 6.45) is 3.50. The molecule has 0 aliphatic rings. The molecule has 0 bridgehead atoms. The maximum Gasteiger partial charge on any atom is 0.222 e. The van der Waals surface area contributed by atoms with Crippen molar-refractivity contribution in [1.82, 2.24) is 14.8 Å². The molecular formula is C24H21N5O. The van der Waals surface area contributed by atoms with E-state index in [0.717, 1.165) is 33.8 Å². The van der Waals surface area contributed by atoms with E-state index in [0.29, 0.717) is 5.82 Å². The van der Waals surface area contributed by atoms with E-state index < -0.39 is 0 Å². The molecule has 2 aromatic heterocycles. The molecule has 0 spiro atoms. The van der Waals surface area contributed by atoms with Crippen LogP contribution in [0.15, 0.2) is 90.2 Å². The van der Waals surface area contributed by atoms with Crippen molar-refractivity contribution in [3.63, 3.8) is 0 Å². The minimum absolute atomic E-state index is 0.161. The first-order valence-corrected chi connectivity index (χ1v) is 9.57. The van der Waals surface area contributed by atoms with Gasteiger partial charge in [0.2, 0.25) is 5.91 Å². The van der Waals surface area contributed by atoms with Crippen LogP contribution in [0.4, 0.5) is 11.5 Å². The number of benzene rings is 2. The van der Waals surface area contributed by atoms with Crippen molar-refractivity contribution in [2.75, 3.05) is 5.32 Å². The van der Waals surface area contributed by atoms with Gasteiger partial charge in [0, 0.05) is 42.9 Å². The van der Waals surface area contributed by atoms with Gasteiger partial charge in [-0.25, -0.2) is 4.99 Å². The van der Waals surface area contributed by atoms with Crippen LogP contribution in [-0.4, -0.2) is 26.4 Å².